The normalized spacial score (nSPS) is 28.3. The number of nitrogens with one attached hydrogen (secondary N) is 1. The second kappa shape index (κ2) is 23.6. The molecule has 4 heterocycles. The van der Waals surface area contributed by atoms with Crippen molar-refractivity contribution in [3.8, 4) is 11.5 Å². The number of thioether (sulfide) groups is 1. The number of epoxide rings is 1. The lowest BCUT2D eigenvalue weighted by atomic mass is 9.83. The highest BCUT2D eigenvalue weighted by molar-refractivity contribution is 7.99. The maximum absolute atomic E-state index is 14.1. The molecule has 3 amide bonds. The Labute approximate surface area is 428 Å². The van der Waals surface area contributed by atoms with Gasteiger partial charge in [0.25, 0.3) is 0 Å². The highest BCUT2D eigenvalue weighted by Crippen LogP contribution is 2.49. The number of esters is 2. The first kappa shape index (κ1) is 57.1. The number of nitrogens with zero attached hydrogens (tertiary/aromatic N) is 3. The van der Waals surface area contributed by atoms with Crippen LogP contribution in [0.3, 0.4) is 0 Å². The third-order valence-electron chi connectivity index (χ3n) is 13.9. The number of allylic oxidation sites excluding steroid dienone is 3. The number of likely N-dealkylation sites (tertiary alicyclic amines) is 1. The number of anilines is 1. The van der Waals surface area contributed by atoms with E-state index in [1.165, 1.54) is 42.9 Å². The van der Waals surface area contributed by atoms with Gasteiger partial charge in [0.2, 0.25) is 46.6 Å². The number of carbonyl (C=O) groups excluding carboxylic acids is 5. The minimum absolute atomic E-state index is 0.0101. The van der Waals surface area contributed by atoms with Crippen molar-refractivity contribution in [3.05, 3.63) is 75.6 Å². The fourth-order valence-corrected chi connectivity index (χ4v) is 10.3. The predicted octanol–water partition coefficient (Wildman–Crippen LogP) is 5.97. The minimum atomic E-state index is -2.39. The fraction of sp³-hybridized carbons (Fsp3) is 0.571. The molecule has 4 aliphatic heterocycles. The van der Waals surface area contributed by atoms with Crippen molar-refractivity contribution in [1.29, 1.82) is 0 Å². The molecule has 0 spiro atoms. The minimum Gasteiger partial charge on any atom is -0.495 e. The zero-order chi connectivity index (χ0) is 53.9. The topological polar surface area (TPSA) is 206 Å². The van der Waals surface area contributed by atoms with Gasteiger partial charge in [-0.2, -0.15) is 20.5 Å². The molecule has 402 valence electrons. The third-order valence-corrected chi connectivity index (χ3v) is 15.2. The number of aliphatic hydroxyl groups is 2. The summed E-state index contributed by atoms with van der Waals surface area (Å²) >= 11 is 7.96. The Balaban J connectivity index is 1.09. The molecule has 4 aliphatic rings. The van der Waals surface area contributed by atoms with E-state index in [2.05, 4.69) is 10.1 Å². The molecule has 24 heteroatoms. The van der Waals surface area contributed by atoms with E-state index in [1.807, 2.05) is 13.0 Å². The van der Waals surface area contributed by atoms with Crippen molar-refractivity contribution < 1.29 is 84.6 Å². The predicted molar refractivity (Wildman–Crippen MR) is 255 cm³/mol. The van der Waals surface area contributed by atoms with Crippen molar-refractivity contribution in [3.63, 3.8) is 0 Å². The van der Waals surface area contributed by atoms with E-state index in [0.29, 0.717) is 17.9 Å². The van der Waals surface area contributed by atoms with Gasteiger partial charge in [0.15, 0.2) is 5.72 Å². The Hall–Kier alpha value is -5.20. The summed E-state index contributed by atoms with van der Waals surface area (Å²) in [5.74, 6) is -17.2. The van der Waals surface area contributed by atoms with E-state index < -0.39 is 119 Å². The number of piperidine rings is 1. The van der Waals surface area contributed by atoms with Crippen LogP contribution in [0.1, 0.15) is 65.4 Å². The van der Waals surface area contributed by atoms with Crippen LogP contribution in [-0.2, 0) is 44.5 Å². The first-order valence-corrected chi connectivity index (χ1v) is 25.0. The summed E-state index contributed by atoms with van der Waals surface area (Å²) in [7, 11) is 5.89. The SMILES string of the molecule is COc1cc2cc(c1Cl)N(C)C(O)C[C@H](OC(=O)[C@@H](C)N(C)C(=O)CCSCC(=O)N1CCC(C(=O)Oc3c(F)c(F)c(F)c(F)c3F)CC1)[C@]1(C)O[C@H]1[C@H](C)[C@@H]1C[C@@](O)(NC(=O)O1)[C@H](OC)/C=C/C=C(\C)C2. The molecule has 9 atom stereocenters. The number of fused-ring (bicyclic) bond motifs is 5. The molecule has 1 unspecified atom stereocenters. The third kappa shape index (κ3) is 12.7. The van der Waals surface area contributed by atoms with Crippen LogP contribution >= 0.6 is 23.4 Å². The number of rotatable bonds is 12. The summed E-state index contributed by atoms with van der Waals surface area (Å²) in [6, 6.07) is 2.41. The Bertz CT molecular complexity index is 2470. The molecular weight excluding hydrogens is 1020 g/mol. The van der Waals surface area contributed by atoms with Crippen molar-refractivity contribution >= 4 is 58.9 Å². The van der Waals surface area contributed by atoms with Gasteiger partial charge in [-0.3, -0.25) is 19.7 Å². The van der Waals surface area contributed by atoms with E-state index in [9.17, 15) is 56.1 Å². The first-order valence-electron chi connectivity index (χ1n) is 23.4. The maximum Gasteiger partial charge on any atom is 0.409 e. The monoisotopic (exact) mass is 1070 g/mol. The molecule has 2 aromatic rings. The van der Waals surface area contributed by atoms with Crippen molar-refractivity contribution in [2.24, 2.45) is 11.8 Å². The molecule has 0 aliphatic carbocycles. The molecule has 73 heavy (non-hydrogen) atoms. The van der Waals surface area contributed by atoms with Gasteiger partial charge in [-0.1, -0.05) is 42.3 Å². The second-order valence-electron chi connectivity index (χ2n) is 18.9. The maximum atomic E-state index is 14.1. The molecule has 0 radical (unpaired) electrons. The molecule has 0 aromatic heterocycles. The standard InChI is InChI=1S/C49H60ClF5N4O13S/c1-24-10-9-11-32(68-8)49(66)22-31(69-47(65)56-49)25(2)44-48(4,72-44)33(21-35(61)58(6)29-19-27(18-24)20-30(67-7)37(29)50)70-45(63)26(3)57(5)34(60)14-17-73-23-36(62)59-15-12-28(13-16-59)46(64)71-43-41(54)39(52)38(51)40(53)42(43)55/h9-11,19-20,25-26,28,31-33,35,44,61,66H,12-18,21-23H2,1-8H3,(H,56,65)/b11-9+,24-10+/t25-,26-,31+,32-,33+,35?,44+,48+,49+/m1/s1. The van der Waals surface area contributed by atoms with Crippen LogP contribution < -0.4 is 19.7 Å². The Morgan fingerprint density at radius 3 is 2.33 bits per heavy atom. The van der Waals surface area contributed by atoms with E-state index in [4.69, 9.17) is 35.3 Å². The Morgan fingerprint density at radius 1 is 1.05 bits per heavy atom. The van der Waals surface area contributed by atoms with Gasteiger partial charge in [-0.05, 0) is 57.7 Å². The second-order valence-corrected chi connectivity index (χ2v) is 20.3. The van der Waals surface area contributed by atoms with Crippen LogP contribution in [0.4, 0.5) is 32.4 Å². The Morgan fingerprint density at radius 2 is 1.70 bits per heavy atom. The Kier molecular flexibility index (Phi) is 18.4. The number of ether oxygens (including phenoxy) is 6. The van der Waals surface area contributed by atoms with Gasteiger partial charge in [0.05, 0.1) is 30.6 Å². The van der Waals surface area contributed by atoms with Crippen LogP contribution in [0.2, 0.25) is 5.02 Å². The van der Waals surface area contributed by atoms with Gasteiger partial charge >= 0.3 is 18.0 Å². The summed E-state index contributed by atoms with van der Waals surface area (Å²) in [6.07, 6.45) is -0.925. The lowest BCUT2D eigenvalue weighted by molar-refractivity contribution is -0.162. The van der Waals surface area contributed by atoms with Crippen LogP contribution in [0.15, 0.2) is 35.9 Å². The van der Waals surface area contributed by atoms with Crippen molar-refractivity contribution in [2.75, 3.05) is 57.8 Å². The molecule has 2 aromatic carbocycles. The average Bonchev–Trinajstić information content (AvgIpc) is 4.06. The number of amides is 3. The summed E-state index contributed by atoms with van der Waals surface area (Å²) < 4.78 is 103. The number of benzene rings is 2. The molecule has 0 saturated carbocycles. The zero-order valence-corrected chi connectivity index (χ0v) is 43.1. The lowest BCUT2D eigenvalue weighted by Crippen LogP contribution is -2.63. The van der Waals surface area contributed by atoms with E-state index in [-0.39, 0.29) is 67.6 Å². The van der Waals surface area contributed by atoms with E-state index in [0.717, 1.165) is 22.9 Å². The number of halogens is 6. The number of alkyl carbamates (subject to hydrolysis) is 1. The van der Waals surface area contributed by atoms with Gasteiger partial charge < -0.3 is 53.3 Å². The number of hydrogen-bond acceptors (Lipinski definition) is 15. The molecule has 3 N–H and O–H groups in total. The first-order chi connectivity index (χ1) is 34.3. The van der Waals surface area contributed by atoms with Crippen LogP contribution in [0.5, 0.6) is 11.5 Å². The van der Waals surface area contributed by atoms with E-state index in [1.54, 1.807) is 45.2 Å². The molecular formula is C49H60ClF5N4O13S. The summed E-state index contributed by atoms with van der Waals surface area (Å²) in [6.45, 7) is 6.87. The number of methoxy groups -OCH3 is 2. The van der Waals surface area contributed by atoms with Gasteiger partial charge in [0.1, 0.15) is 47.0 Å². The largest absolute Gasteiger partial charge is 0.495 e. The number of aliphatic hydroxyl groups excluding tert-OH is 1. The van der Waals surface area contributed by atoms with Gasteiger partial charge in [-0.15, -0.1) is 0 Å². The smallest absolute Gasteiger partial charge is 0.409 e. The van der Waals surface area contributed by atoms with Gasteiger partial charge in [-0.25, -0.2) is 22.8 Å². The summed E-state index contributed by atoms with van der Waals surface area (Å²) in [5.41, 5.74) is -1.09. The molecule has 3 saturated heterocycles. The van der Waals surface area contributed by atoms with E-state index >= 15 is 0 Å². The van der Waals surface area contributed by atoms with Crippen LogP contribution in [0, 0.1) is 40.9 Å². The van der Waals surface area contributed by atoms with Crippen molar-refractivity contribution in [1.82, 2.24) is 15.1 Å². The number of likely N-dealkylation sites (N-methyl/N-ethyl adjacent to an activating group) is 1. The highest BCUT2D eigenvalue weighted by Gasteiger charge is 2.64. The highest BCUT2D eigenvalue weighted by atomic mass is 35.5. The van der Waals surface area contributed by atoms with Crippen molar-refractivity contribution in [2.45, 2.75) is 114 Å². The van der Waals surface area contributed by atoms with Crippen LogP contribution in [-0.4, -0.2) is 151 Å². The van der Waals surface area contributed by atoms with Gasteiger partial charge in [0, 0.05) is 65.2 Å². The lowest BCUT2D eigenvalue weighted by Gasteiger charge is -2.42. The average molecular weight is 1080 g/mol. The molecule has 4 bridgehead atoms. The summed E-state index contributed by atoms with van der Waals surface area (Å²) in [4.78, 5) is 70.2. The molecule has 3 fully saturated rings. The number of carbonyl (C=O) groups is 5. The fourth-order valence-electron chi connectivity index (χ4n) is 9.16. The quantitative estimate of drug-likeness (QED) is 0.0426. The zero-order valence-electron chi connectivity index (χ0n) is 41.5. The molecule has 6 rings (SSSR count). The molecule has 17 nitrogen and oxygen atoms in total. The summed E-state index contributed by atoms with van der Waals surface area (Å²) in [5, 5.41) is 26.4. The van der Waals surface area contributed by atoms with Crippen LogP contribution in [0.25, 0.3) is 0 Å². The number of hydrogen-bond donors (Lipinski definition) is 3.